The molecule has 4 aromatic rings. The van der Waals surface area contributed by atoms with Crippen molar-refractivity contribution in [2.24, 2.45) is 0 Å². The first-order chi connectivity index (χ1) is 11.3. The van der Waals surface area contributed by atoms with Crippen molar-refractivity contribution in [2.75, 3.05) is 5.32 Å². The topological polar surface area (TPSA) is 53.6 Å². The molecule has 0 atom stereocenters. The monoisotopic (exact) mass is 351 g/mol. The van der Waals surface area contributed by atoms with E-state index in [1.165, 1.54) is 0 Å². The first-order valence-electron chi connectivity index (χ1n) is 7.54. The molecule has 0 saturated carbocycles. The largest absolute Gasteiger partial charge is 0.323 e. The van der Waals surface area contributed by atoms with Crippen LogP contribution in [0.1, 0.15) is 5.69 Å². The molecule has 0 spiro atoms. The van der Waals surface area contributed by atoms with Crippen LogP contribution in [0, 0.1) is 6.92 Å². The van der Waals surface area contributed by atoms with Crippen molar-refractivity contribution in [3.05, 3.63) is 72.4 Å². The van der Waals surface area contributed by atoms with Crippen molar-refractivity contribution in [2.45, 2.75) is 6.92 Å². The summed E-state index contributed by atoms with van der Waals surface area (Å²) in [6, 6.07) is 22.5. The van der Waals surface area contributed by atoms with Crippen LogP contribution in [0.15, 0.2) is 66.7 Å². The first kappa shape index (κ1) is 16.3. The molecule has 2 aromatic carbocycles. The van der Waals surface area contributed by atoms with Crippen molar-refractivity contribution in [1.29, 1.82) is 0 Å². The summed E-state index contributed by atoms with van der Waals surface area (Å²) in [7, 11) is 0. The fourth-order valence-electron chi connectivity index (χ4n) is 2.65. The van der Waals surface area contributed by atoms with Gasteiger partial charge in [-0.2, -0.15) is 5.10 Å². The summed E-state index contributed by atoms with van der Waals surface area (Å²) in [6.45, 7) is 1.98. The maximum Gasteiger partial charge on any atom is 0.153 e. The van der Waals surface area contributed by atoms with Gasteiger partial charge in [0.15, 0.2) is 5.82 Å². The zero-order valence-electron chi connectivity index (χ0n) is 13.2. The van der Waals surface area contributed by atoms with Crippen molar-refractivity contribution >= 4 is 22.4 Å². The van der Waals surface area contributed by atoms with Crippen LogP contribution < -0.4 is 5.32 Å². The van der Waals surface area contributed by atoms with Crippen LogP contribution >= 0.6 is 0 Å². The zero-order valence-corrected chi connectivity index (χ0v) is 14.6. The smallest absolute Gasteiger partial charge is 0.153 e. The van der Waals surface area contributed by atoms with E-state index in [4.69, 9.17) is 4.98 Å². The van der Waals surface area contributed by atoms with Crippen LogP contribution in [0.3, 0.4) is 0 Å². The minimum Gasteiger partial charge on any atom is -0.323 e. The second-order valence-electron chi connectivity index (χ2n) is 5.50. The van der Waals surface area contributed by atoms with Gasteiger partial charge >= 0.3 is 0 Å². The van der Waals surface area contributed by atoms with Crippen LogP contribution in [0.4, 0.5) is 11.6 Å². The van der Waals surface area contributed by atoms with E-state index in [0.717, 1.165) is 39.4 Å². The van der Waals surface area contributed by atoms with E-state index >= 15 is 0 Å². The number of fused-ring (bicyclic) bond motifs is 1. The fourth-order valence-corrected chi connectivity index (χ4v) is 2.65. The molecule has 0 bridgehead atoms. The molecule has 0 fully saturated rings. The third-order valence-electron chi connectivity index (χ3n) is 3.76. The molecule has 4 nitrogen and oxygen atoms in total. The molecular formula is C19H16N4V. The Morgan fingerprint density at radius 2 is 1.67 bits per heavy atom. The van der Waals surface area contributed by atoms with E-state index in [-0.39, 0.29) is 18.6 Å². The number of anilines is 2. The van der Waals surface area contributed by atoms with Crippen LogP contribution in [0.25, 0.3) is 22.0 Å². The Morgan fingerprint density at radius 1 is 0.917 bits per heavy atom. The summed E-state index contributed by atoms with van der Waals surface area (Å²) in [5, 5.41) is 12.7. The maximum atomic E-state index is 4.81. The van der Waals surface area contributed by atoms with Gasteiger partial charge in [0.05, 0.1) is 5.69 Å². The van der Waals surface area contributed by atoms with E-state index in [1.54, 1.807) is 0 Å². The van der Waals surface area contributed by atoms with E-state index in [9.17, 15) is 0 Å². The summed E-state index contributed by atoms with van der Waals surface area (Å²) < 4.78 is 0. The Bertz CT molecular complexity index is 963. The SMILES string of the molecule is Cc1cc(Nc2nc(-c3ccccc3)cc3ccccc23)n[nH]1.[V]. The Hall–Kier alpha value is -2.56. The van der Waals surface area contributed by atoms with Gasteiger partial charge in [0.1, 0.15) is 5.82 Å². The molecule has 117 valence electrons. The van der Waals surface area contributed by atoms with Gasteiger partial charge in [-0.15, -0.1) is 0 Å². The predicted molar refractivity (Wildman–Crippen MR) is 93.8 cm³/mol. The Kier molecular flexibility index (Phi) is 4.70. The number of benzene rings is 2. The van der Waals surface area contributed by atoms with E-state index in [2.05, 4.69) is 45.8 Å². The zero-order chi connectivity index (χ0) is 15.6. The average molecular weight is 351 g/mol. The standard InChI is InChI=1S/C19H16N4.V/c1-13-11-18(23-22-13)21-19-16-10-6-5-9-15(16)12-17(20-19)14-7-3-2-4-8-14;/h2-12H,1H3,(H2,20,21,22,23);. The van der Waals surface area contributed by atoms with Crippen LogP contribution in [0.2, 0.25) is 0 Å². The van der Waals surface area contributed by atoms with Gasteiger partial charge in [-0.3, -0.25) is 5.10 Å². The molecule has 0 aliphatic carbocycles. The first-order valence-corrected chi connectivity index (χ1v) is 7.54. The Morgan fingerprint density at radius 3 is 2.42 bits per heavy atom. The average Bonchev–Trinajstić information content (AvgIpc) is 3.00. The Labute approximate surface area is 152 Å². The van der Waals surface area contributed by atoms with E-state index < -0.39 is 0 Å². The normalized spacial score (nSPS) is 10.4. The molecule has 2 N–H and O–H groups in total. The summed E-state index contributed by atoms with van der Waals surface area (Å²) in [5.74, 6) is 1.58. The number of rotatable bonds is 3. The molecule has 5 heteroatoms. The predicted octanol–water partition coefficient (Wildman–Crippen LogP) is 4.67. The molecule has 4 rings (SSSR count). The molecule has 0 unspecified atom stereocenters. The number of hydrogen-bond acceptors (Lipinski definition) is 3. The molecule has 2 aromatic heterocycles. The Balaban J connectivity index is 0.00000169. The molecule has 0 aliphatic heterocycles. The molecule has 0 amide bonds. The number of H-pyrrole nitrogens is 1. The van der Waals surface area contributed by atoms with Crippen molar-refractivity contribution in [1.82, 2.24) is 15.2 Å². The second-order valence-corrected chi connectivity index (χ2v) is 5.50. The number of aromatic amines is 1. The van der Waals surface area contributed by atoms with E-state index in [0.29, 0.717) is 0 Å². The van der Waals surface area contributed by atoms with E-state index in [1.807, 2.05) is 43.3 Å². The molecule has 1 radical (unpaired) electrons. The number of nitrogens with one attached hydrogen (secondary N) is 2. The van der Waals surface area contributed by atoms with Crippen molar-refractivity contribution < 1.29 is 18.6 Å². The third-order valence-corrected chi connectivity index (χ3v) is 3.76. The van der Waals surface area contributed by atoms with Crippen LogP contribution in [-0.2, 0) is 18.6 Å². The molecule has 0 saturated heterocycles. The van der Waals surface area contributed by atoms with Crippen LogP contribution in [0.5, 0.6) is 0 Å². The molecule has 2 heterocycles. The van der Waals surface area contributed by atoms with Gasteiger partial charge in [0.2, 0.25) is 0 Å². The third kappa shape index (κ3) is 3.20. The fraction of sp³-hybridized carbons (Fsp3) is 0.0526. The van der Waals surface area contributed by atoms with Gasteiger partial charge in [0.25, 0.3) is 0 Å². The number of aryl methyl sites for hydroxylation is 1. The maximum absolute atomic E-state index is 4.81. The molecule has 24 heavy (non-hydrogen) atoms. The van der Waals surface area contributed by atoms with Gasteiger partial charge in [0, 0.05) is 41.3 Å². The van der Waals surface area contributed by atoms with Gasteiger partial charge < -0.3 is 5.32 Å². The summed E-state index contributed by atoms with van der Waals surface area (Å²) >= 11 is 0. The second kappa shape index (κ2) is 6.91. The van der Waals surface area contributed by atoms with Crippen LogP contribution in [-0.4, -0.2) is 15.2 Å². The minimum atomic E-state index is 0. The summed E-state index contributed by atoms with van der Waals surface area (Å²) in [5.41, 5.74) is 3.05. The molecular weight excluding hydrogens is 335 g/mol. The summed E-state index contributed by atoms with van der Waals surface area (Å²) in [6.07, 6.45) is 0. The van der Waals surface area contributed by atoms with Crippen molar-refractivity contribution in [3.63, 3.8) is 0 Å². The van der Waals surface area contributed by atoms with Crippen molar-refractivity contribution in [3.8, 4) is 11.3 Å². The molecule has 0 aliphatic rings. The van der Waals surface area contributed by atoms with Gasteiger partial charge in [-0.05, 0) is 18.4 Å². The van der Waals surface area contributed by atoms with Gasteiger partial charge in [-0.1, -0.05) is 54.6 Å². The number of pyridine rings is 1. The summed E-state index contributed by atoms with van der Waals surface area (Å²) in [4.78, 5) is 4.81. The quantitative estimate of drug-likeness (QED) is 0.564. The minimum absolute atomic E-state index is 0. The number of aromatic nitrogens is 3. The number of hydrogen-bond donors (Lipinski definition) is 2. The number of nitrogens with zero attached hydrogens (tertiary/aromatic N) is 2. The van der Waals surface area contributed by atoms with Gasteiger partial charge in [-0.25, -0.2) is 4.98 Å².